The molecule has 0 saturated heterocycles. The first-order valence-electron chi connectivity index (χ1n) is 8.17. The molecule has 1 aliphatic rings. The lowest BCUT2D eigenvalue weighted by Gasteiger charge is -2.32. The number of rotatable bonds is 4. The van der Waals surface area contributed by atoms with E-state index in [1.54, 1.807) is 9.58 Å². The van der Waals surface area contributed by atoms with Crippen LogP contribution in [0.5, 0.6) is 5.88 Å². The molecule has 1 aliphatic heterocycles. The number of thioether (sulfide) groups is 1. The molecule has 2 heterocycles. The van der Waals surface area contributed by atoms with Gasteiger partial charge >= 0.3 is 0 Å². The third-order valence-electron chi connectivity index (χ3n) is 4.03. The normalized spacial score (nSPS) is 15.8. The van der Waals surface area contributed by atoms with Gasteiger partial charge in [-0.15, -0.1) is 0 Å². The number of hydrogen-bond acceptors (Lipinski definition) is 5. The van der Waals surface area contributed by atoms with Crippen molar-refractivity contribution in [3.8, 4) is 17.1 Å². The van der Waals surface area contributed by atoms with Gasteiger partial charge in [-0.2, -0.15) is 0 Å². The van der Waals surface area contributed by atoms with Gasteiger partial charge in [-0.3, -0.25) is 4.79 Å². The SMILES string of the molecule is CCSc1nc([O-])c2[n+](n1)C(CC)N(C(=O)CC)c1ccccc1-2. The Morgan fingerprint density at radius 1 is 1.33 bits per heavy atom. The summed E-state index contributed by atoms with van der Waals surface area (Å²) >= 11 is 1.42. The van der Waals surface area contributed by atoms with E-state index in [1.807, 2.05) is 45.0 Å². The van der Waals surface area contributed by atoms with Crippen LogP contribution in [0.3, 0.4) is 0 Å². The van der Waals surface area contributed by atoms with Crippen LogP contribution >= 0.6 is 11.8 Å². The molecule has 6 nitrogen and oxygen atoms in total. The van der Waals surface area contributed by atoms with Crippen LogP contribution in [-0.4, -0.2) is 21.7 Å². The molecule has 1 aromatic heterocycles. The fourth-order valence-corrected chi connectivity index (χ4v) is 3.58. The summed E-state index contributed by atoms with van der Waals surface area (Å²) in [7, 11) is 0. The molecule has 0 fully saturated rings. The molecular weight excluding hydrogens is 324 g/mol. The number of carbonyl (C=O) groups excluding carboxylic acids is 1. The number of fused-ring (bicyclic) bond motifs is 3. The zero-order chi connectivity index (χ0) is 17.3. The molecule has 1 atom stereocenters. The molecular formula is C17H20N4O2S. The highest BCUT2D eigenvalue weighted by Gasteiger charge is 2.42. The Morgan fingerprint density at radius 3 is 2.75 bits per heavy atom. The maximum Gasteiger partial charge on any atom is 0.266 e. The summed E-state index contributed by atoms with van der Waals surface area (Å²) in [5, 5.41) is 17.6. The fourth-order valence-electron chi connectivity index (χ4n) is 3.03. The Hall–Kier alpha value is -2.15. The van der Waals surface area contributed by atoms with Crippen molar-refractivity contribution in [3.63, 3.8) is 0 Å². The first-order valence-corrected chi connectivity index (χ1v) is 9.16. The molecule has 24 heavy (non-hydrogen) atoms. The Morgan fingerprint density at radius 2 is 2.08 bits per heavy atom. The second-order valence-electron chi connectivity index (χ2n) is 5.45. The maximum atomic E-state index is 12.6. The van der Waals surface area contributed by atoms with E-state index in [4.69, 9.17) is 0 Å². The summed E-state index contributed by atoms with van der Waals surface area (Å²) in [6.45, 7) is 5.82. The maximum absolute atomic E-state index is 12.6. The van der Waals surface area contributed by atoms with Gasteiger partial charge < -0.3 is 5.11 Å². The van der Waals surface area contributed by atoms with Gasteiger partial charge in [0.1, 0.15) is 0 Å². The lowest BCUT2D eigenvalue weighted by atomic mass is 10.0. The number of anilines is 1. The Kier molecular flexibility index (Phi) is 4.71. The van der Waals surface area contributed by atoms with E-state index in [2.05, 4.69) is 10.1 Å². The molecule has 3 rings (SSSR count). The van der Waals surface area contributed by atoms with Crippen LogP contribution in [0.1, 0.15) is 39.8 Å². The molecule has 126 valence electrons. The quantitative estimate of drug-likeness (QED) is 0.628. The number of aromatic nitrogens is 3. The summed E-state index contributed by atoms with van der Waals surface area (Å²) < 4.78 is 1.68. The molecule has 0 radical (unpaired) electrons. The lowest BCUT2D eigenvalue weighted by Crippen LogP contribution is -2.58. The summed E-state index contributed by atoms with van der Waals surface area (Å²) in [5.74, 6) is 0.502. The molecule has 0 N–H and O–H groups in total. The molecule has 1 amide bonds. The van der Waals surface area contributed by atoms with Crippen molar-refractivity contribution >= 4 is 23.4 Å². The fraction of sp³-hybridized carbons (Fsp3) is 0.412. The predicted octanol–water partition coefficient (Wildman–Crippen LogP) is 2.28. The van der Waals surface area contributed by atoms with Gasteiger partial charge in [0.15, 0.2) is 0 Å². The minimum Gasteiger partial charge on any atom is -0.854 e. The highest BCUT2D eigenvalue weighted by molar-refractivity contribution is 7.99. The topological polar surface area (TPSA) is 73.0 Å². The van der Waals surface area contributed by atoms with Crippen LogP contribution in [0.25, 0.3) is 11.3 Å². The van der Waals surface area contributed by atoms with E-state index in [-0.39, 0.29) is 18.0 Å². The van der Waals surface area contributed by atoms with Crippen molar-refractivity contribution in [2.75, 3.05) is 10.7 Å². The molecule has 1 aromatic carbocycles. The summed E-state index contributed by atoms with van der Waals surface area (Å²) in [6.07, 6.45) is 0.742. The molecule has 0 bridgehead atoms. The Bertz CT molecular complexity index is 781. The van der Waals surface area contributed by atoms with Crippen molar-refractivity contribution in [1.82, 2.24) is 10.1 Å². The second-order valence-corrected chi connectivity index (χ2v) is 6.68. The van der Waals surface area contributed by atoms with Crippen LogP contribution in [-0.2, 0) is 4.79 Å². The Balaban J connectivity index is 2.28. The van der Waals surface area contributed by atoms with Gasteiger partial charge in [0, 0.05) is 17.9 Å². The third kappa shape index (κ3) is 2.62. The van der Waals surface area contributed by atoms with Crippen LogP contribution in [0, 0.1) is 0 Å². The minimum atomic E-state index is -0.311. The Labute approximate surface area is 145 Å². The number of hydrogen-bond donors (Lipinski definition) is 0. The van der Waals surface area contributed by atoms with Crippen LogP contribution < -0.4 is 14.7 Å². The standard InChI is InChI=1S/C17H20N4O2S/c1-4-13-20(14(22)5-2)12-10-8-7-9-11(12)15-16(23)18-17(24-6-3)19-21(13)15/h7-10,13H,4-6H2,1-3H3. The summed E-state index contributed by atoms with van der Waals surface area (Å²) in [4.78, 5) is 18.5. The highest BCUT2D eigenvalue weighted by Crippen LogP contribution is 2.39. The van der Waals surface area contributed by atoms with E-state index in [1.165, 1.54) is 11.8 Å². The van der Waals surface area contributed by atoms with Crippen molar-refractivity contribution in [3.05, 3.63) is 24.3 Å². The molecule has 7 heteroatoms. The molecule has 0 aliphatic carbocycles. The van der Waals surface area contributed by atoms with E-state index >= 15 is 0 Å². The summed E-state index contributed by atoms with van der Waals surface area (Å²) in [6, 6.07) is 7.46. The highest BCUT2D eigenvalue weighted by atomic mass is 32.2. The zero-order valence-corrected chi connectivity index (χ0v) is 14.8. The number of nitrogens with zero attached hydrogens (tertiary/aromatic N) is 4. The molecule has 0 saturated carbocycles. The van der Waals surface area contributed by atoms with Crippen LogP contribution in [0.4, 0.5) is 5.69 Å². The van der Waals surface area contributed by atoms with E-state index in [0.717, 1.165) is 11.4 Å². The number of amides is 1. The van der Waals surface area contributed by atoms with Crippen molar-refractivity contribution in [2.45, 2.75) is 44.9 Å². The van der Waals surface area contributed by atoms with E-state index < -0.39 is 0 Å². The first-order chi connectivity index (χ1) is 11.6. The van der Waals surface area contributed by atoms with Crippen LogP contribution in [0.2, 0.25) is 0 Å². The van der Waals surface area contributed by atoms with Crippen molar-refractivity contribution in [1.29, 1.82) is 0 Å². The van der Waals surface area contributed by atoms with Gasteiger partial charge in [0.25, 0.3) is 17.0 Å². The van der Waals surface area contributed by atoms with Gasteiger partial charge in [-0.1, -0.05) is 49.3 Å². The first kappa shape index (κ1) is 16.7. The van der Waals surface area contributed by atoms with Gasteiger partial charge in [-0.05, 0) is 17.9 Å². The average molecular weight is 344 g/mol. The minimum absolute atomic E-state index is 0.0169. The molecule has 1 unspecified atom stereocenters. The van der Waals surface area contributed by atoms with E-state index in [9.17, 15) is 9.90 Å². The largest absolute Gasteiger partial charge is 0.854 e. The molecule has 2 aromatic rings. The van der Waals surface area contributed by atoms with Gasteiger partial charge in [-0.25, -0.2) is 9.88 Å². The number of para-hydroxylation sites is 1. The smallest absolute Gasteiger partial charge is 0.266 e. The lowest BCUT2D eigenvalue weighted by molar-refractivity contribution is -0.772. The summed E-state index contributed by atoms with van der Waals surface area (Å²) in [5.41, 5.74) is 1.92. The third-order valence-corrected chi connectivity index (χ3v) is 4.75. The van der Waals surface area contributed by atoms with Crippen LogP contribution in [0.15, 0.2) is 29.4 Å². The monoisotopic (exact) mass is 344 g/mol. The van der Waals surface area contributed by atoms with E-state index in [0.29, 0.717) is 29.3 Å². The number of benzene rings is 1. The number of carbonyl (C=O) groups is 1. The van der Waals surface area contributed by atoms with Crippen molar-refractivity contribution in [2.24, 2.45) is 0 Å². The average Bonchev–Trinajstić information content (AvgIpc) is 2.59. The van der Waals surface area contributed by atoms with Gasteiger partial charge in [0.05, 0.1) is 17.1 Å². The second kappa shape index (κ2) is 6.76. The van der Waals surface area contributed by atoms with Crippen molar-refractivity contribution < 1.29 is 14.6 Å². The van der Waals surface area contributed by atoms with Gasteiger partial charge in [0.2, 0.25) is 5.91 Å². The predicted molar refractivity (Wildman–Crippen MR) is 90.6 cm³/mol. The zero-order valence-electron chi connectivity index (χ0n) is 14.0. The molecule has 0 spiro atoms.